The molecule has 9 nitrogen and oxygen atoms in total. The Morgan fingerprint density at radius 3 is 2.46 bits per heavy atom. The van der Waals surface area contributed by atoms with Crippen LogP contribution in [0, 0.1) is 6.92 Å². The van der Waals surface area contributed by atoms with Gasteiger partial charge in [0.05, 0.1) is 37.9 Å². The van der Waals surface area contributed by atoms with Gasteiger partial charge in [0.25, 0.3) is 5.56 Å². The van der Waals surface area contributed by atoms with Gasteiger partial charge in [-0.05, 0) is 55.3 Å². The third kappa shape index (κ3) is 5.20. The fourth-order valence-electron chi connectivity index (χ4n) is 4.39. The van der Waals surface area contributed by atoms with Crippen molar-refractivity contribution in [2.45, 2.75) is 32.2 Å². The first-order valence-electron chi connectivity index (χ1n) is 11.6. The average Bonchev–Trinajstić information content (AvgIpc) is 2.89. The van der Waals surface area contributed by atoms with Gasteiger partial charge in [-0.25, -0.2) is 0 Å². The molecule has 0 amide bonds. The van der Waals surface area contributed by atoms with Crippen molar-refractivity contribution in [2.24, 2.45) is 0 Å². The second-order valence-electron chi connectivity index (χ2n) is 8.67. The largest absolute Gasteiger partial charge is 0.508 e. The molecule has 2 aromatic heterocycles. The fraction of sp³-hybridized carbons (Fsp3) is 0.250. The maximum Gasteiger partial charge on any atom is 0.306 e. The number of methoxy groups -OCH3 is 2. The highest BCUT2D eigenvalue weighted by Crippen LogP contribution is 2.32. The first-order chi connectivity index (χ1) is 17.7. The Morgan fingerprint density at radius 2 is 1.78 bits per heavy atom. The summed E-state index contributed by atoms with van der Waals surface area (Å²) in [5.41, 5.74) is 0.667. The van der Waals surface area contributed by atoms with Gasteiger partial charge in [-0.3, -0.25) is 14.4 Å². The quantitative estimate of drug-likeness (QED) is 0.348. The van der Waals surface area contributed by atoms with E-state index < -0.39 is 22.9 Å². The van der Waals surface area contributed by atoms with Crippen LogP contribution in [0.2, 0.25) is 0 Å². The zero-order valence-electron chi connectivity index (χ0n) is 20.7. The molecule has 4 rings (SSSR count). The van der Waals surface area contributed by atoms with Crippen LogP contribution in [0.3, 0.4) is 0 Å². The Balaban J connectivity index is 1.85. The van der Waals surface area contributed by atoms with Crippen LogP contribution >= 0.6 is 0 Å². The van der Waals surface area contributed by atoms with Crippen molar-refractivity contribution in [3.8, 4) is 17.2 Å². The van der Waals surface area contributed by atoms with E-state index in [1.165, 1.54) is 37.2 Å². The number of ether oxygens (including phenoxy) is 2. The Kier molecular flexibility index (Phi) is 7.33. The minimum Gasteiger partial charge on any atom is -0.508 e. The van der Waals surface area contributed by atoms with E-state index in [1.54, 1.807) is 43.3 Å². The number of carbonyl (C=O) groups excluding carboxylic acids is 1. The number of nitrogens with zero attached hydrogens (tertiary/aromatic N) is 1. The first-order valence-corrected chi connectivity index (χ1v) is 11.6. The number of fused-ring (bicyclic) bond motifs is 1. The van der Waals surface area contributed by atoms with E-state index in [0.29, 0.717) is 23.4 Å². The maximum atomic E-state index is 13.7. The predicted octanol–water partition coefficient (Wildman–Crippen LogP) is 3.62. The molecule has 0 radical (unpaired) electrons. The number of aromatic nitrogens is 1. The average molecular weight is 506 g/mol. The van der Waals surface area contributed by atoms with Crippen LogP contribution in [0.15, 0.2) is 68.8 Å². The molecule has 37 heavy (non-hydrogen) atoms. The molecule has 0 bridgehead atoms. The standard InChI is InChI=1S/C28H27NO8/c1-16-12-23(31)26(28(34)29(16)11-10-17-4-6-18(30)7-5-17)20(14-25(32)36-3)22-15-37-24-9-8-19(35-2)13-21(24)27(22)33/h4-9,12-13,15,20,30-31H,10-11,14H2,1-3H3/t20-/m0/s1. The highest BCUT2D eigenvalue weighted by atomic mass is 16.5. The third-order valence-electron chi connectivity index (χ3n) is 6.41. The van der Waals surface area contributed by atoms with Crippen molar-refractivity contribution in [1.29, 1.82) is 0 Å². The van der Waals surface area contributed by atoms with E-state index in [4.69, 9.17) is 13.9 Å². The summed E-state index contributed by atoms with van der Waals surface area (Å²) in [5, 5.41) is 20.6. The normalized spacial score (nSPS) is 11.9. The summed E-state index contributed by atoms with van der Waals surface area (Å²) < 4.78 is 17.2. The number of hydrogen-bond donors (Lipinski definition) is 2. The van der Waals surface area contributed by atoms with Gasteiger partial charge in [0.15, 0.2) is 5.43 Å². The second kappa shape index (κ2) is 10.6. The lowest BCUT2D eigenvalue weighted by Crippen LogP contribution is -2.30. The Labute approximate surface area is 212 Å². The molecule has 0 fully saturated rings. The van der Waals surface area contributed by atoms with Gasteiger partial charge in [0, 0.05) is 23.7 Å². The van der Waals surface area contributed by atoms with E-state index in [2.05, 4.69) is 0 Å². The zero-order valence-corrected chi connectivity index (χ0v) is 20.7. The summed E-state index contributed by atoms with van der Waals surface area (Å²) in [4.78, 5) is 39.6. The molecule has 0 aliphatic heterocycles. The number of esters is 1. The molecule has 192 valence electrons. The number of benzene rings is 2. The molecule has 2 aromatic carbocycles. The zero-order chi connectivity index (χ0) is 26.7. The molecular weight excluding hydrogens is 478 g/mol. The van der Waals surface area contributed by atoms with E-state index in [1.807, 2.05) is 0 Å². The fourth-order valence-corrected chi connectivity index (χ4v) is 4.39. The van der Waals surface area contributed by atoms with Gasteiger partial charge in [-0.1, -0.05) is 12.1 Å². The molecule has 2 N–H and O–H groups in total. The number of aromatic hydroxyl groups is 2. The van der Waals surface area contributed by atoms with Gasteiger partial charge < -0.3 is 28.7 Å². The lowest BCUT2D eigenvalue weighted by atomic mass is 9.88. The molecule has 2 heterocycles. The van der Waals surface area contributed by atoms with Crippen molar-refractivity contribution in [1.82, 2.24) is 4.57 Å². The number of phenols is 1. The van der Waals surface area contributed by atoms with Crippen molar-refractivity contribution < 1.29 is 28.9 Å². The summed E-state index contributed by atoms with van der Waals surface area (Å²) in [6, 6.07) is 12.8. The number of rotatable bonds is 8. The lowest BCUT2D eigenvalue weighted by Gasteiger charge is -2.20. The summed E-state index contributed by atoms with van der Waals surface area (Å²) >= 11 is 0. The van der Waals surface area contributed by atoms with E-state index in [9.17, 15) is 24.6 Å². The van der Waals surface area contributed by atoms with Crippen molar-refractivity contribution >= 4 is 16.9 Å². The van der Waals surface area contributed by atoms with Gasteiger partial charge in [0.1, 0.15) is 22.8 Å². The minimum atomic E-state index is -1.12. The Hall–Kier alpha value is -4.53. The summed E-state index contributed by atoms with van der Waals surface area (Å²) in [6.07, 6.45) is 1.33. The van der Waals surface area contributed by atoms with Crippen LogP contribution in [-0.4, -0.2) is 35.0 Å². The molecule has 9 heteroatoms. The monoisotopic (exact) mass is 505 g/mol. The highest BCUT2D eigenvalue weighted by molar-refractivity contribution is 5.79. The number of aryl methyl sites for hydroxylation is 2. The van der Waals surface area contributed by atoms with Crippen LogP contribution < -0.4 is 15.7 Å². The molecule has 0 saturated heterocycles. The van der Waals surface area contributed by atoms with Crippen LogP contribution in [0.4, 0.5) is 0 Å². The molecule has 0 aliphatic carbocycles. The van der Waals surface area contributed by atoms with Crippen molar-refractivity contribution in [3.63, 3.8) is 0 Å². The van der Waals surface area contributed by atoms with Gasteiger partial charge in [0.2, 0.25) is 0 Å². The van der Waals surface area contributed by atoms with Crippen molar-refractivity contribution in [2.75, 3.05) is 14.2 Å². The van der Waals surface area contributed by atoms with Crippen LogP contribution in [0.25, 0.3) is 11.0 Å². The second-order valence-corrected chi connectivity index (χ2v) is 8.67. The number of pyridine rings is 1. The highest BCUT2D eigenvalue weighted by Gasteiger charge is 2.29. The number of carbonyl (C=O) groups is 1. The van der Waals surface area contributed by atoms with Crippen molar-refractivity contribution in [3.05, 3.63) is 97.8 Å². The molecule has 0 unspecified atom stereocenters. The van der Waals surface area contributed by atoms with Gasteiger partial charge in [-0.2, -0.15) is 0 Å². The van der Waals surface area contributed by atoms with Crippen LogP contribution in [0.5, 0.6) is 17.2 Å². The predicted molar refractivity (Wildman–Crippen MR) is 136 cm³/mol. The van der Waals surface area contributed by atoms with Gasteiger partial charge in [-0.15, -0.1) is 0 Å². The molecule has 1 atom stereocenters. The third-order valence-corrected chi connectivity index (χ3v) is 6.41. The summed E-state index contributed by atoms with van der Waals surface area (Å²) in [6.45, 7) is 1.96. The molecule has 0 spiro atoms. The van der Waals surface area contributed by atoms with E-state index in [0.717, 1.165) is 5.56 Å². The van der Waals surface area contributed by atoms with Crippen LogP contribution in [-0.2, 0) is 22.5 Å². The topological polar surface area (TPSA) is 128 Å². The number of hydrogen-bond acceptors (Lipinski definition) is 8. The lowest BCUT2D eigenvalue weighted by molar-refractivity contribution is -0.140. The Bertz CT molecular complexity index is 1570. The molecule has 0 saturated carbocycles. The summed E-state index contributed by atoms with van der Waals surface area (Å²) in [5.74, 6) is -1.53. The Morgan fingerprint density at radius 1 is 1.05 bits per heavy atom. The SMILES string of the molecule is COC(=O)C[C@@H](c1coc2ccc(OC)cc2c1=O)c1c(O)cc(C)n(CCc2ccc(O)cc2)c1=O. The smallest absolute Gasteiger partial charge is 0.306 e. The molecule has 4 aromatic rings. The van der Waals surface area contributed by atoms with E-state index in [-0.39, 0.29) is 41.0 Å². The molecular formula is C28H27NO8. The molecule has 0 aliphatic rings. The summed E-state index contributed by atoms with van der Waals surface area (Å²) in [7, 11) is 2.68. The minimum absolute atomic E-state index is 0.0347. The number of phenolic OH excluding ortho intramolecular Hbond substituents is 1. The first kappa shape index (κ1) is 25.6. The van der Waals surface area contributed by atoms with Crippen LogP contribution in [0.1, 0.15) is 34.7 Å². The maximum absolute atomic E-state index is 13.7. The van der Waals surface area contributed by atoms with E-state index >= 15 is 0 Å². The van der Waals surface area contributed by atoms with Gasteiger partial charge >= 0.3 is 5.97 Å².